The minimum absolute atomic E-state index is 0.0213. The SMILES string of the molecule is COc1ccc(CN[C@@H](C(=O)N[C@H](C(=O)NCc2ccc(OC)cc2O)C(C)C)[C@H](O)[C@H](Cc2ccccc2)NC(=O)CNC(=O)Cc2cc3ccccc3cc2Cl)cc1. The molecule has 7 N–H and O–H groups in total. The summed E-state index contributed by atoms with van der Waals surface area (Å²) in [7, 11) is 3.03. The van der Waals surface area contributed by atoms with E-state index in [2.05, 4.69) is 26.6 Å². The summed E-state index contributed by atoms with van der Waals surface area (Å²) in [6.45, 7) is 3.25. The van der Waals surface area contributed by atoms with Crippen LogP contribution in [0, 0.1) is 5.92 Å². The molecule has 0 radical (unpaired) electrons. The van der Waals surface area contributed by atoms with Gasteiger partial charge in [-0.25, -0.2) is 0 Å². The monoisotopic (exact) mass is 837 g/mol. The van der Waals surface area contributed by atoms with Crippen LogP contribution in [-0.4, -0.2) is 78.8 Å². The number of aromatic hydroxyl groups is 1. The minimum Gasteiger partial charge on any atom is -0.507 e. The number of aliphatic hydroxyl groups is 1. The average molecular weight is 838 g/mol. The summed E-state index contributed by atoms with van der Waals surface area (Å²) in [5, 5.41) is 39.1. The third-order valence-corrected chi connectivity index (χ3v) is 10.4. The van der Waals surface area contributed by atoms with E-state index >= 15 is 0 Å². The quantitative estimate of drug-likeness (QED) is 0.0590. The molecule has 13 nitrogen and oxygen atoms in total. The standard InChI is InChI=1S/C46H52ClN5O8/c1-28(2)42(45(57)50-26-33-16-19-36(60-4)24-39(33)53)52-46(58)43(49-25-30-14-17-35(59-3)18-15-30)44(56)38(20-29-10-6-5-7-11-29)51-41(55)27-48-40(54)23-34-21-31-12-8-9-13-32(31)22-37(34)47/h5-19,21-22,24,28,38,42-44,49,53,56H,20,23,25-27H2,1-4H3,(H,48,54)(H,50,57)(H,51,55)(H,52,58)/t38-,42-,43+,44+/m0/s1. The molecule has 0 aliphatic carbocycles. The second-order valence-corrected chi connectivity index (χ2v) is 15.2. The Kier molecular flexibility index (Phi) is 16.3. The van der Waals surface area contributed by atoms with Crippen LogP contribution in [0.1, 0.15) is 36.1 Å². The van der Waals surface area contributed by atoms with Crippen molar-refractivity contribution < 1.29 is 38.9 Å². The largest absolute Gasteiger partial charge is 0.507 e. The van der Waals surface area contributed by atoms with Gasteiger partial charge in [-0.15, -0.1) is 0 Å². The van der Waals surface area contributed by atoms with E-state index in [4.69, 9.17) is 21.1 Å². The lowest BCUT2D eigenvalue weighted by atomic mass is 9.94. The van der Waals surface area contributed by atoms with Crippen molar-refractivity contribution in [3.8, 4) is 17.2 Å². The van der Waals surface area contributed by atoms with E-state index in [1.54, 1.807) is 51.3 Å². The fourth-order valence-electron chi connectivity index (χ4n) is 6.65. The second kappa shape index (κ2) is 21.7. The molecular weight excluding hydrogens is 786 g/mol. The third-order valence-electron chi connectivity index (χ3n) is 10.1. The van der Waals surface area contributed by atoms with E-state index in [1.807, 2.05) is 72.8 Å². The maximum absolute atomic E-state index is 14.3. The Morgan fingerprint density at radius 2 is 1.32 bits per heavy atom. The molecule has 0 fully saturated rings. The number of hydrogen-bond acceptors (Lipinski definition) is 9. The summed E-state index contributed by atoms with van der Waals surface area (Å²) in [4.78, 5) is 54.4. The van der Waals surface area contributed by atoms with Crippen LogP contribution in [0.5, 0.6) is 17.2 Å². The summed E-state index contributed by atoms with van der Waals surface area (Å²) in [6, 6.07) is 28.9. The number of fused-ring (bicyclic) bond motifs is 1. The molecule has 0 saturated heterocycles. The number of amides is 4. The summed E-state index contributed by atoms with van der Waals surface area (Å²) in [6.07, 6.45) is -1.47. The van der Waals surface area contributed by atoms with Crippen LogP contribution in [0.2, 0.25) is 5.02 Å². The van der Waals surface area contributed by atoms with Crippen LogP contribution < -0.4 is 36.1 Å². The van der Waals surface area contributed by atoms with Gasteiger partial charge in [-0.2, -0.15) is 0 Å². The number of carbonyl (C=O) groups is 4. The molecule has 4 amide bonds. The number of nitrogens with one attached hydrogen (secondary N) is 5. The van der Waals surface area contributed by atoms with Crippen molar-refractivity contribution in [2.45, 2.75) is 64.0 Å². The van der Waals surface area contributed by atoms with E-state index < -0.39 is 54.4 Å². The molecule has 0 aliphatic heterocycles. The number of ether oxygens (including phenoxy) is 2. The predicted molar refractivity (Wildman–Crippen MR) is 231 cm³/mol. The van der Waals surface area contributed by atoms with E-state index in [0.717, 1.165) is 21.9 Å². The Hall–Kier alpha value is -6.15. The number of methoxy groups -OCH3 is 2. The van der Waals surface area contributed by atoms with Crippen molar-refractivity contribution >= 4 is 46.0 Å². The van der Waals surface area contributed by atoms with Crippen molar-refractivity contribution in [3.05, 3.63) is 136 Å². The Morgan fingerprint density at radius 3 is 1.97 bits per heavy atom. The first-order chi connectivity index (χ1) is 28.8. The molecule has 60 heavy (non-hydrogen) atoms. The van der Waals surface area contributed by atoms with Gasteiger partial charge in [-0.3, -0.25) is 24.5 Å². The van der Waals surface area contributed by atoms with Gasteiger partial charge in [0.2, 0.25) is 23.6 Å². The van der Waals surface area contributed by atoms with Gasteiger partial charge < -0.3 is 41.0 Å². The summed E-state index contributed by atoms with van der Waals surface area (Å²) >= 11 is 6.48. The third kappa shape index (κ3) is 12.7. The Labute approximate surface area is 354 Å². The molecule has 5 aromatic carbocycles. The van der Waals surface area contributed by atoms with Crippen molar-refractivity contribution in [3.63, 3.8) is 0 Å². The fourth-order valence-corrected chi connectivity index (χ4v) is 6.89. The summed E-state index contributed by atoms with van der Waals surface area (Å²) < 4.78 is 10.4. The summed E-state index contributed by atoms with van der Waals surface area (Å²) in [5.41, 5.74) is 2.60. The van der Waals surface area contributed by atoms with Gasteiger partial charge in [0.25, 0.3) is 0 Å². The van der Waals surface area contributed by atoms with Gasteiger partial charge in [0.1, 0.15) is 29.3 Å². The normalized spacial score (nSPS) is 13.1. The minimum atomic E-state index is -1.54. The lowest BCUT2D eigenvalue weighted by Gasteiger charge is -2.32. The highest BCUT2D eigenvalue weighted by Crippen LogP contribution is 2.25. The molecule has 5 rings (SSSR count). The van der Waals surface area contributed by atoms with Gasteiger partial charge >= 0.3 is 0 Å². The van der Waals surface area contributed by atoms with Crippen molar-refractivity contribution in [2.24, 2.45) is 5.92 Å². The molecular formula is C46H52ClN5O8. The number of phenolic OH excluding ortho intramolecular Hbond substituents is 1. The van der Waals surface area contributed by atoms with Crippen LogP contribution >= 0.6 is 11.6 Å². The van der Waals surface area contributed by atoms with Crippen LogP contribution in [0.3, 0.4) is 0 Å². The maximum Gasteiger partial charge on any atom is 0.243 e. The van der Waals surface area contributed by atoms with Crippen molar-refractivity contribution in [1.29, 1.82) is 0 Å². The molecule has 4 atom stereocenters. The van der Waals surface area contributed by atoms with E-state index in [0.29, 0.717) is 27.6 Å². The molecule has 14 heteroatoms. The molecule has 0 aliphatic rings. The molecule has 0 aromatic heterocycles. The van der Waals surface area contributed by atoms with Crippen LogP contribution in [0.4, 0.5) is 0 Å². The fraction of sp³-hybridized carbons (Fsp3) is 0.304. The Morgan fingerprint density at radius 1 is 0.667 bits per heavy atom. The van der Waals surface area contributed by atoms with E-state index in [9.17, 15) is 29.4 Å². The van der Waals surface area contributed by atoms with Gasteiger partial charge in [-0.1, -0.05) is 92.2 Å². The van der Waals surface area contributed by atoms with Crippen molar-refractivity contribution in [2.75, 3.05) is 20.8 Å². The van der Waals surface area contributed by atoms with Gasteiger partial charge in [0.15, 0.2) is 0 Å². The highest BCUT2D eigenvalue weighted by molar-refractivity contribution is 6.32. The second-order valence-electron chi connectivity index (χ2n) is 14.7. The van der Waals surface area contributed by atoms with Gasteiger partial charge in [0, 0.05) is 29.7 Å². The molecule has 0 saturated carbocycles. The Balaban J connectivity index is 1.33. The molecule has 316 valence electrons. The maximum atomic E-state index is 14.3. The molecule has 0 bridgehead atoms. The number of phenols is 1. The molecule has 0 heterocycles. The zero-order valence-electron chi connectivity index (χ0n) is 34.0. The number of aliphatic hydroxyl groups excluding tert-OH is 1. The Bertz CT molecular complexity index is 2240. The molecule has 0 spiro atoms. The number of hydrogen-bond donors (Lipinski definition) is 7. The first kappa shape index (κ1) is 44.9. The molecule has 0 unspecified atom stereocenters. The van der Waals surface area contributed by atoms with Crippen LogP contribution in [-0.2, 0) is 45.1 Å². The lowest BCUT2D eigenvalue weighted by molar-refractivity contribution is -0.133. The first-order valence-corrected chi connectivity index (χ1v) is 20.0. The first-order valence-electron chi connectivity index (χ1n) is 19.6. The number of rotatable bonds is 20. The zero-order chi connectivity index (χ0) is 43.2. The smallest absolute Gasteiger partial charge is 0.243 e. The summed E-state index contributed by atoms with van der Waals surface area (Å²) in [5.74, 6) is -1.58. The van der Waals surface area contributed by atoms with Crippen LogP contribution in [0.15, 0.2) is 109 Å². The van der Waals surface area contributed by atoms with E-state index in [-0.39, 0.29) is 37.6 Å². The lowest BCUT2D eigenvalue weighted by Crippen LogP contribution is -2.62. The highest BCUT2D eigenvalue weighted by Gasteiger charge is 2.36. The molecule has 5 aromatic rings. The number of carbonyl (C=O) groups excluding carboxylic acids is 4. The predicted octanol–water partition coefficient (Wildman–Crippen LogP) is 4.58. The topological polar surface area (TPSA) is 187 Å². The number of benzene rings is 5. The highest BCUT2D eigenvalue weighted by atomic mass is 35.5. The van der Waals surface area contributed by atoms with E-state index in [1.165, 1.54) is 13.2 Å². The zero-order valence-corrected chi connectivity index (χ0v) is 34.8. The van der Waals surface area contributed by atoms with Gasteiger partial charge in [-0.05, 0) is 76.2 Å². The van der Waals surface area contributed by atoms with Crippen LogP contribution in [0.25, 0.3) is 10.8 Å². The van der Waals surface area contributed by atoms with Crippen molar-refractivity contribution in [1.82, 2.24) is 26.6 Å². The number of halogens is 1. The average Bonchev–Trinajstić information content (AvgIpc) is 3.24. The van der Waals surface area contributed by atoms with Gasteiger partial charge in [0.05, 0.1) is 39.3 Å².